The average molecular weight is 230 g/mol. The molecule has 2 aromatic rings. The van der Waals surface area contributed by atoms with E-state index in [0.29, 0.717) is 6.54 Å². The molecule has 0 spiro atoms. The molecule has 0 atom stereocenters. The largest absolute Gasteiger partial charge is 0.351 e. The molecule has 0 aliphatic carbocycles. The summed E-state index contributed by atoms with van der Waals surface area (Å²) < 4.78 is 0. The molecular formula is C13H18N4. The second-order valence-corrected chi connectivity index (χ2v) is 4.83. The predicted molar refractivity (Wildman–Crippen MR) is 71.1 cm³/mol. The molecule has 90 valence electrons. The van der Waals surface area contributed by atoms with Crippen LogP contribution in [-0.2, 0) is 0 Å². The molecule has 2 N–H and O–H groups in total. The van der Waals surface area contributed by atoms with Gasteiger partial charge in [-0.05, 0) is 13.8 Å². The van der Waals surface area contributed by atoms with Crippen molar-refractivity contribution in [2.75, 3.05) is 18.5 Å². The lowest BCUT2D eigenvalue weighted by Gasteiger charge is -2.35. The fraction of sp³-hybridized carbons (Fsp3) is 0.385. The van der Waals surface area contributed by atoms with Gasteiger partial charge in [0, 0.05) is 29.9 Å². The van der Waals surface area contributed by atoms with Gasteiger partial charge in [0.2, 0.25) is 0 Å². The molecule has 0 aliphatic rings. The van der Waals surface area contributed by atoms with Crippen molar-refractivity contribution in [2.24, 2.45) is 5.73 Å². The van der Waals surface area contributed by atoms with Crippen LogP contribution in [0.4, 0.5) is 5.82 Å². The van der Waals surface area contributed by atoms with Gasteiger partial charge < -0.3 is 10.6 Å². The first-order valence-electron chi connectivity index (χ1n) is 5.70. The Morgan fingerprint density at radius 1 is 1.29 bits per heavy atom. The van der Waals surface area contributed by atoms with Gasteiger partial charge in [0.15, 0.2) is 5.82 Å². The Bertz CT molecular complexity index is 516. The standard InChI is InChI=1S/C13H18N4/c1-13(2,9-14)17(3)12-11-7-5-4-6-10(11)8-15-16-12/h4-8H,9,14H2,1-3H3. The van der Waals surface area contributed by atoms with Crippen LogP contribution in [0, 0.1) is 0 Å². The molecule has 0 saturated heterocycles. The molecule has 0 saturated carbocycles. The van der Waals surface area contributed by atoms with Crippen LogP contribution >= 0.6 is 0 Å². The van der Waals surface area contributed by atoms with Gasteiger partial charge in [-0.25, -0.2) is 0 Å². The third-order valence-electron chi connectivity index (χ3n) is 3.28. The molecule has 4 nitrogen and oxygen atoms in total. The van der Waals surface area contributed by atoms with Crippen molar-refractivity contribution in [3.63, 3.8) is 0 Å². The van der Waals surface area contributed by atoms with E-state index in [1.165, 1.54) is 0 Å². The summed E-state index contributed by atoms with van der Waals surface area (Å²) in [5, 5.41) is 10.5. The Morgan fingerprint density at radius 2 is 2.00 bits per heavy atom. The van der Waals surface area contributed by atoms with E-state index in [9.17, 15) is 0 Å². The van der Waals surface area contributed by atoms with E-state index in [0.717, 1.165) is 16.6 Å². The number of benzene rings is 1. The lowest BCUT2D eigenvalue weighted by molar-refractivity contribution is 0.494. The first-order valence-corrected chi connectivity index (χ1v) is 5.70. The fourth-order valence-electron chi connectivity index (χ4n) is 1.68. The van der Waals surface area contributed by atoms with Crippen LogP contribution in [0.25, 0.3) is 10.8 Å². The van der Waals surface area contributed by atoms with Gasteiger partial charge >= 0.3 is 0 Å². The molecule has 1 aromatic carbocycles. The van der Waals surface area contributed by atoms with Gasteiger partial charge in [-0.15, -0.1) is 5.10 Å². The number of hydrogen-bond acceptors (Lipinski definition) is 4. The minimum atomic E-state index is -0.140. The van der Waals surface area contributed by atoms with Gasteiger partial charge in [-0.3, -0.25) is 0 Å². The maximum absolute atomic E-state index is 5.80. The average Bonchev–Trinajstić information content (AvgIpc) is 2.37. The molecule has 2 rings (SSSR count). The molecule has 17 heavy (non-hydrogen) atoms. The first kappa shape index (κ1) is 11.8. The minimum Gasteiger partial charge on any atom is -0.351 e. The first-order chi connectivity index (χ1) is 8.06. The zero-order chi connectivity index (χ0) is 12.5. The second-order valence-electron chi connectivity index (χ2n) is 4.83. The van der Waals surface area contributed by atoms with Crippen LogP contribution in [0.15, 0.2) is 30.5 Å². The maximum atomic E-state index is 5.80. The number of aromatic nitrogens is 2. The summed E-state index contributed by atoms with van der Waals surface area (Å²) in [7, 11) is 2.00. The van der Waals surface area contributed by atoms with Gasteiger partial charge in [-0.2, -0.15) is 5.10 Å². The molecule has 0 fully saturated rings. The number of anilines is 1. The third-order valence-corrected chi connectivity index (χ3v) is 3.28. The van der Waals surface area contributed by atoms with E-state index < -0.39 is 0 Å². The summed E-state index contributed by atoms with van der Waals surface area (Å²) in [5.74, 6) is 0.874. The number of rotatable bonds is 3. The molecular weight excluding hydrogens is 212 g/mol. The third kappa shape index (κ3) is 2.08. The quantitative estimate of drug-likeness (QED) is 0.873. The van der Waals surface area contributed by atoms with Crippen LogP contribution in [0.5, 0.6) is 0 Å². The monoisotopic (exact) mass is 230 g/mol. The topological polar surface area (TPSA) is 55.0 Å². The van der Waals surface area contributed by atoms with E-state index in [-0.39, 0.29) is 5.54 Å². The number of fused-ring (bicyclic) bond motifs is 1. The Labute approximate surface area is 101 Å². The molecule has 0 amide bonds. The predicted octanol–water partition coefficient (Wildman–Crippen LogP) is 1.80. The lowest BCUT2D eigenvalue weighted by Crippen LogP contribution is -2.47. The van der Waals surface area contributed by atoms with Crippen molar-refractivity contribution in [3.05, 3.63) is 30.5 Å². The zero-order valence-corrected chi connectivity index (χ0v) is 10.5. The van der Waals surface area contributed by atoms with Crippen LogP contribution in [0.3, 0.4) is 0 Å². The molecule has 1 heterocycles. The number of likely N-dealkylation sites (N-methyl/N-ethyl adjacent to an activating group) is 1. The van der Waals surface area contributed by atoms with Gasteiger partial charge in [-0.1, -0.05) is 24.3 Å². The molecule has 1 aromatic heterocycles. The van der Waals surface area contributed by atoms with E-state index >= 15 is 0 Å². The molecule has 4 heteroatoms. The minimum absolute atomic E-state index is 0.140. The van der Waals surface area contributed by atoms with Gasteiger partial charge in [0.25, 0.3) is 0 Å². The highest BCUT2D eigenvalue weighted by molar-refractivity contribution is 5.91. The van der Waals surface area contributed by atoms with Crippen molar-refractivity contribution in [1.29, 1.82) is 0 Å². The molecule has 0 unspecified atom stereocenters. The summed E-state index contributed by atoms with van der Waals surface area (Å²) in [5.41, 5.74) is 5.66. The molecule has 0 bridgehead atoms. The Hall–Kier alpha value is -1.68. The van der Waals surface area contributed by atoms with Crippen molar-refractivity contribution < 1.29 is 0 Å². The SMILES string of the molecule is CN(c1nncc2ccccc12)C(C)(C)CN. The van der Waals surface area contributed by atoms with Gasteiger partial charge in [0.05, 0.1) is 6.20 Å². The summed E-state index contributed by atoms with van der Waals surface area (Å²) in [4.78, 5) is 2.09. The molecule has 0 radical (unpaired) electrons. The highest BCUT2D eigenvalue weighted by atomic mass is 15.3. The lowest BCUT2D eigenvalue weighted by atomic mass is 10.0. The van der Waals surface area contributed by atoms with Gasteiger partial charge in [0.1, 0.15) is 0 Å². The Morgan fingerprint density at radius 3 is 2.71 bits per heavy atom. The Balaban J connectivity index is 2.56. The van der Waals surface area contributed by atoms with Crippen molar-refractivity contribution in [2.45, 2.75) is 19.4 Å². The van der Waals surface area contributed by atoms with E-state index in [1.54, 1.807) is 6.20 Å². The normalized spacial score (nSPS) is 11.8. The molecule has 0 aliphatic heterocycles. The van der Waals surface area contributed by atoms with Crippen LogP contribution in [-0.4, -0.2) is 29.3 Å². The highest BCUT2D eigenvalue weighted by Crippen LogP contribution is 2.26. The van der Waals surface area contributed by atoms with Crippen molar-refractivity contribution >= 4 is 16.6 Å². The van der Waals surface area contributed by atoms with Crippen molar-refractivity contribution in [3.8, 4) is 0 Å². The van der Waals surface area contributed by atoms with Crippen molar-refractivity contribution in [1.82, 2.24) is 10.2 Å². The number of hydrogen-bond donors (Lipinski definition) is 1. The van der Waals surface area contributed by atoms with Crippen LogP contribution in [0.2, 0.25) is 0 Å². The van der Waals surface area contributed by atoms with Crippen LogP contribution in [0.1, 0.15) is 13.8 Å². The number of nitrogens with zero attached hydrogens (tertiary/aromatic N) is 3. The van der Waals surface area contributed by atoms with Crippen LogP contribution < -0.4 is 10.6 Å². The highest BCUT2D eigenvalue weighted by Gasteiger charge is 2.24. The Kier molecular flexibility index (Phi) is 2.98. The van der Waals surface area contributed by atoms with E-state index in [4.69, 9.17) is 5.73 Å². The number of nitrogens with two attached hydrogens (primary N) is 1. The fourth-order valence-corrected chi connectivity index (χ4v) is 1.68. The summed E-state index contributed by atoms with van der Waals surface area (Å²) in [6, 6.07) is 8.11. The van der Waals surface area contributed by atoms with E-state index in [2.05, 4.69) is 35.0 Å². The summed E-state index contributed by atoms with van der Waals surface area (Å²) in [6.45, 7) is 4.75. The maximum Gasteiger partial charge on any atom is 0.159 e. The zero-order valence-electron chi connectivity index (χ0n) is 10.5. The van der Waals surface area contributed by atoms with E-state index in [1.807, 2.05) is 25.2 Å². The summed E-state index contributed by atoms with van der Waals surface area (Å²) in [6.07, 6.45) is 1.78. The smallest absolute Gasteiger partial charge is 0.159 e. The second kappa shape index (κ2) is 4.30. The summed E-state index contributed by atoms with van der Waals surface area (Å²) >= 11 is 0.